The number of urea groups is 1. The van der Waals surface area contributed by atoms with Crippen molar-refractivity contribution >= 4 is 17.6 Å². The minimum absolute atomic E-state index is 0.0899. The van der Waals surface area contributed by atoms with E-state index in [4.69, 9.17) is 0 Å². The zero-order chi connectivity index (χ0) is 21.9. The third kappa shape index (κ3) is 7.30. The summed E-state index contributed by atoms with van der Waals surface area (Å²) in [5, 5.41) is 8.63. The van der Waals surface area contributed by atoms with Gasteiger partial charge in [0.1, 0.15) is 0 Å². The Morgan fingerprint density at radius 2 is 1.29 bits per heavy atom. The molecule has 0 saturated heterocycles. The molecule has 0 fully saturated rings. The van der Waals surface area contributed by atoms with Crippen molar-refractivity contribution in [1.29, 1.82) is 0 Å². The molecule has 0 heterocycles. The van der Waals surface area contributed by atoms with Gasteiger partial charge >= 0.3 is 6.03 Å². The van der Waals surface area contributed by atoms with E-state index in [0.29, 0.717) is 13.1 Å². The molecule has 3 aromatic rings. The van der Waals surface area contributed by atoms with E-state index in [0.717, 1.165) is 24.1 Å². The molecule has 0 unspecified atom stereocenters. The van der Waals surface area contributed by atoms with Gasteiger partial charge in [-0.2, -0.15) is 0 Å². The van der Waals surface area contributed by atoms with Crippen LogP contribution >= 0.6 is 0 Å². The highest BCUT2D eigenvalue weighted by Crippen LogP contribution is 2.27. The summed E-state index contributed by atoms with van der Waals surface area (Å²) in [6, 6.07) is 28.3. The molecule has 0 aliphatic carbocycles. The number of rotatable bonds is 9. The van der Waals surface area contributed by atoms with Crippen molar-refractivity contribution in [1.82, 2.24) is 10.6 Å². The molecule has 3 N–H and O–H groups in total. The summed E-state index contributed by atoms with van der Waals surface area (Å²) in [6.07, 6.45) is 1.55. The van der Waals surface area contributed by atoms with Gasteiger partial charge in [-0.25, -0.2) is 4.79 Å². The molecule has 0 saturated carbocycles. The van der Waals surface area contributed by atoms with Gasteiger partial charge in [-0.1, -0.05) is 72.8 Å². The quantitative estimate of drug-likeness (QED) is 0.474. The van der Waals surface area contributed by atoms with Crippen LogP contribution in [0.2, 0.25) is 0 Å². The summed E-state index contributed by atoms with van der Waals surface area (Å²) in [7, 11) is 0. The van der Waals surface area contributed by atoms with Crippen LogP contribution in [0.3, 0.4) is 0 Å². The van der Waals surface area contributed by atoms with E-state index in [-0.39, 0.29) is 17.9 Å². The first-order chi connectivity index (χ1) is 15.1. The Morgan fingerprint density at radius 3 is 1.84 bits per heavy atom. The molecule has 3 amide bonds. The number of carbonyl (C=O) groups is 2. The van der Waals surface area contributed by atoms with Gasteiger partial charge in [-0.15, -0.1) is 0 Å². The first-order valence-electron chi connectivity index (χ1n) is 10.6. The minimum Gasteiger partial charge on any atom is -0.338 e. The van der Waals surface area contributed by atoms with E-state index < -0.39 is 0 Å². The molecule has 0 aliphatic rings. The highest BCUT2D eigenvalue weighted by atomic mass is 16.2. The Morgan fingerprint density at radius 1 is 0.742 bits per heavy atom. The molecule has 0 aliphatic heterocycles. The van der Waals surface area contributed by atoms with Gasteiger partial charge in [0.2, 0.25) is 5.91 Å². The zero-order valence-electron chi connectivity index (χ0n) is 17.8. The van der Waals surface area contributed by atoms with Crippen LogP contribution < -0.4 is 16.0 Å². The lowest BCUT2D eigenvalue weighted by Gasteiger charge is -2.18. The van der Waals surface area contributed by atoms with Crippen LogP contribution in [-0.2, 0) is 11.2 Å². The van der Waals surface area contributed by atoms with Crippen LogP contribution in [0.5, 0.6) is 0 Å². The van der Waals surface area contributed by atoms with E-state index in [9.17, 15) is 9.59 Å². The van der Waals surface area contributed by atoms with Crippen LogP contribution in [-0.4, -0.2) is 25.0 Å². The second kappa shape index (κ2) is 11.6. The van der Waals surface area contributed by atoms with Crippen LogP contribution in [0.1, 0.15) is 36.0 Å². The van der Waals surface area contributed by atoms with Gasteiger partial charge in [-0.05, 0) is 41.7 Å². The van der Waals surface area contributed by atoms with Gasteiger partial charge < -0.3 is 16.0 Å². The molecule has 5 heteroatoms. The smallest absolute Gasteiger partial charge is 0.314 e. The normalized spacial score (nSPS) is 10.5. The molecule has 160 valence electrons. The van der Waals surface area contributed by atoms with E-state index in [1.165, 1.54) is 18.1 Å². The Kier molecular flexibility index (Phi) is 8.23. The van der Waals surface area contributed by atoms with Crippen molar-refractivity contribution in [2.45, 2.75) is 25.7 Å². The van der Waals surface area contributed by atoms with Crippen molar-refractivity contribution in [3.8, 4) is 0 Å². The van der Waals surface area contributed by atoms with Crippen LogP contribution in [0, 0.1) is 0 Å². The molecule has 3 rings (SSSR count). The van der Waals surface area contributed by atoms with Gasteiger partial charge in [-0.3, -0.25) is 4.79 Å². The number of hydrogen-bond donors (Lipinski definition) is 3. The van der Waals surface area contributed by atoms with Crippen LogP contribution in [0.4, 0.5) is 10.5 Å². The Hall–Kier alpha value is -3.60. The summed E-state index contributed by atoms with van der Waals surface area (Å²) in [5.41, 5.74) is 4.37. The lowest BCUT2D eigenvalue weighted by Crippen LogP contribution is -2.37. The SMILES string of the molecule is CC(=O)Nc1ccc(CCNC(=O)NCCC(c2ccccc2)c2ccccc2)cc1. The van der Waals surface area contributed by atoms with Crippen molar-refractivity contribution in [3.05, 3.63) is 102 Å². The molecule has 31 heavy (non-hydrogen) atoms. The summed E-state index contributed by atoms with van der Waals surface area (Å²) < 4.78 is 0. The highest BCUT2D eigenvalue weighted by Gasteiger charge is 2.14. The Bertz CT molecular complexity index is 917. The number of anilines is 1. The van der Waals surface area contributed by atoms with E-state index in [1.54, 1.807) is 0 Å². The molecule has 0 atom stereocenters. The second-order valence-corrected chi connectivity index (χ2v) is 7.47. The topological polar surface area (TPSA) is 70.2 Å². The molecular formula is C26H29N3O2. The van der Waals surface area contributed by atoms with Gasteiger partial charge in [0.05, 0.1) is 0 Å². The lowest BCUT2D eigenvalue weighted by atomic mass is 9.88. The average Bonchev–Trinajstić information content (AvgIpc) is 2.79. The second-order valence-electron chi connectivity index (χ2n) is 7.47. The Balaban J connectivity index is 1.44. The largest absolute Gasteiger partial charge is 0.338 e. The number of benzene rings is 3. The van der Waals surface area contributed by atoms with Gasteiger partial charge in [0, 0.05) is 31.6 Å². The molecule has 0 radical (unpaired) electrons. The standard InChI is InChI=1S/C26H29N3O2/c1-20(30)29-24-14-12-21(13-15-24)16-18-27-26(31)28-19-17-25(22-8-4-2-5-9-22)23-10-6-3-7-11-23/h2-15,25H,16-19H2,1H3,(H,29,30)(H2,27,28,31). The fourth-order valence-corrected chi connectivity index (χ4v) is 3.57. The molecule has 0 spiro atoms. The monoisotopic (exact) mass is 415 g/mol. The molecule has 5 nitrogen and oxygen atoms in total. The maximum Gasteiger partial charge on any atom is 0.314 e. The fourth-order valence-electron chi connectivity index (χ4n) is 3.57. The summed E-state index contributed by atoms with van der Waals surface area (Å²) in [5.74, 6) is 0.151. The molecule has 3 aromatic carbocycles. The van der Waals surface area contributed by atoms with Crippen molar-refractivity contribution < 1.29 is 9.59 Å². The minimum atomic E-state index is -0.158. The number of nitrogens with one attached hydrogen (secondary N) is 3. The zero-order valence-corrected chi connectivity index (χ0v) is 17.8. The molecule has 0 bridgehead atoms. The van der Waals surface area contributed by atoms with Crippen LogP contribution in [0.15, 0.2) is 84.9 Å². The van der Waals surface area contributed by atoms with E-state index in [1.807, 2.05) is 60.7 Å². The lowest BCUT2D eigenvalue weighted by molar-refractivity contribution is -0.114. The number of amides is 3. The van der Waals surface area contributed by atoms with Crippen LogP contribution in [0.25, 0.3) is 0 Å². The molecule has 0 aromatic heterocycles. The summed E-state index contributed by atoms with van der Waals surface area (Å²) >= 11 is 0. The third-order valence-electron chi connectivity index (χ3n) is 5.10. The van der Waals surface area contributed by atoms with Crippen molar-refractivity contribution in [2.24, 2.45) is 0 Å². The van der Waals surface area contributed by atoms with Crippen molar-refractivity contribution in [3.63, 3.8) is 0 Å². The van der Waals surface area contributed by atoms with E-state index in [2.05, 4.69) is 40.2 Å². The molecular weight excluding hydrogens is 386 g/mol. The maximum atomic E-state index is 12.2. The third-order valence-corrected chi connectivity index (χ3v) is 5.10. The first-order valence-corrected chi connectivity index (χ1v) is 10.6. The summed E-state index contributed by atoms with van der Waals surface area (Å²) in [4.78, 5) is 23.3. The number of hydrogen-bond acceptors (Lipinski definition) is 2. The first kappa shape index (κ1) is 22.1. The number of carbonyl (C=O) groups excluding carboxylic acids is 2. The van der Waals surface area contributed by atoms with E-state index >= 15 is 0 Å². The summed E-state index contributed by atoms with van der Waals surface area (Å²) in [6.45, 7) is 2.62. The Labute approximate surface area is 183 Å². The van der Waals surface area contributed by atoms with Crippen molar-refractivity contribution in [2.75, 3.05) is 18.4 Å². The maximum absolute atomic E-state index is 12.2. The predicted molar refractivity (Wildman–Crippen MR) is 125 cm³/mol. The average molecular weight is 416 g/mol. The predicted octanol–water partition coefficient (Wildman–Crippen LogP) is 4.71. The van der Waals surface area contributed by atoms with Gasteiger partial charge in [0.15, 0.2) is 0 Å². The highest BCUT2D eigenvalue weighted by molar-refractivity contribution is 5.88. The van der Waals surface area contributed by atoms with Gasteiger partial charge in [0.25, 0.3) is 0 Å². The fraction of sp³-hybridized carbons (Fsp3) is 0.231.